The van der Waals surface area contributed by atoms with Crippen LogP contribution in [-0.4, -0.2) is 76.7 Å². The molecule has 2 rings (SSSR count). The predicted molar refractivity (Wildman–Crippen MR) is 139 cm³/mol. The van der Waals surface area contributed by atoms with Crippen LogP contribution in [0, 0.1) is 0 Å². The Morgan fingerprint density at radius 3 is 2.27 bits per heavy atom. The Hall–Kier alpha value is -3.14. The smallest absolute Gasteiger partial charge is 0.408 e. The maximum Gasteiger partial charge on any atom is 0.408 e. The van der Waals surface area contributed by atoms with Gasteiger partial charge in [0.1, 0.15) is 23.7 Å². The molecule has 0 unspecified atom stereocenters. The third kappa shape index (κ3) is 9.35. The van der Waals surface area contributed by atoms with Crippen molar-refractivity contribution < 1.29 is 28.7 Å². The summed E-state index contributed by atoms with van der Waals surface area (Å²) < 4.78 is 5.19. The van der Waals surface area contributed by atoms with Crippen LogP contribution in [0.15, 0.2) is 30.3 Å². The SMILES string of the molecule is C[C@H](NC(=O)[C@H]1CCCN1C(=O)[C@@H](C)NC(=O)OC(C)(C)C)C(=O)N[C@@H](Cc1ccccc1)C(=O)CCl. The van der Waals surface area contributed by atoms with Crippen LogP contribution in [0.2, 0.25) is 0 Å². The molecule has 37 heavy (non-hydrogen) atoms. The Morgan fingerprint density at radius 2 is 1.68 bits per heavy atom. The molecule has 1 aliphatic heterocycles. The first-order chi connectivity index (χ1) is 17.3. The molecule has 0 aromatic heterocycles. The van der Waals surface area contributed by atoms with E-state index in [9.17, 15) is 24.0 Å². The van der Waals surface area contributed by atoms with Crippen LogP contribution in [0.5, 0.6) is 0 Å². The number of amides is 4. The van der Waals surface area contributed by atoms with Gasteiger partial charge in [-0.2, -0.15) is 0 Å². The van der Waals surface area contributed by atoms with Crippen LogP contribution in [0.25, 0.3) is 0 Å². The second-order valence-corrected chi connectivity index (χ2v) is 10.4. The molecule has 1 fully saturated rings. The van der Waals surface area contributed by atoms with E-state index in [-0.39, 0.29) is 18.1 Å². The third-order valence-electron chi connectivity index (χ3n) is 5.81. The van der Waals surface area contributed by atoms with Gasteiger partial charge in [-0.3, -0.25) is 19.2 Å². The largest absolute Gasteiger partial charge is 0.444 e. The average molecular weight is 537 g/mol. The van der Waals surface area contributed by atoms with E-state index in [1.165, 1.54) is 18.7 Å². The molecule has 1 aromatic rings. The Balaban J connectivity index is 1.97. The van der Waals surface area contributed by atoms with Crippen LogP contribution in [0.1, 0.15) is 53.0 Å². The number of hydrogen-bond acceptors (Lipinski definition) is 6. The molecule has 0 spiro atoms. The quantitative estimate of drug-likeness (QED) is 0.391. The monoisotopic (exact) mass is 536 g/mol. The zero-order chi connectivity index (χ0) is 27.8. The van der Waals surface area contributed by atoms with E-state index in [0.717, 1.165) is 5.56 Å². The lowest BCUT2D eigenvalue weighted by molar-refractivity contribution is -0.140. The fourth-order valence-corrected chi connectivity index (χ4v) is 4.14. The summed E-state index contributed by atoms with van der Waals surface area (Å²) in [7, 11) is 0. The van der Waals surface area contributed by atoms with E-state index in [1.54, 1.807) is 20.8 Å². The molecule has 10 nitrogen and oxygen atoms in total. The summed E-state index contributed by atoms with van der Waals surface area (Å²) in [6.07, 6.45) is 0.571. The van der Waals surface area contributed by atoms with Crippen LogP contribution in [0.4, 0.5) is 4.79 Å². The topological polar surface area (TPSA) is 134 Å². The number of nitrogens with zero attached hydrogens (tertiary/aromatic N) is 1. The van der Waals surface area contributed by atoms with Gasteiger partial charge in [0.25, 0.3) is 0 Å². The van der Waals surface area contributed by atoms with Gasteiger partial charge in [-0.1, -0.05) is 30.3 Å². The van der Waals surface area contributed by atoms with Gasteiger partial charge in [0.15, 0.2) is 5.78 Å². The number of ketones is 1. The molecule has 204 valence electrons. The zero-order valence-electron chi connectivity index (χ0n) is 22.0. The number of halogens is 1. The van der Waals surface area contributed by atoms with Gasteiger partial charge in [0, 0.05) is 6.54 Å². The van der Waals surface area contributed by atoms with E-state index < -0.39 is 53.6 Å². The zero-order valence-corrected chi connectivity index (χ0v) is 22.8. The summed E-state index contributed by atoms with van der Waals surface area (Å²) in [4.78, 5) is 64.5. The molecule has 4 amide bonds. The van der Waals surface area contributed by atoms with Crippen LogP contribution < -0.4 is 16.0 Å². The number of Topliss-reactive ketones (excluding diaryl/α,β-unsaturated/α-hetero) is 1. The van der Waals surface area contributed by atoms with Gasteiger partial charge >= 0.3 is 6.09 Å². The number of carbonyl (C=O) groups excluding carboxylic acids is 5. The van der Waals surface area contributed by atoms with Crippen molar-refractivity contribution >= 4 is 41.2 Å². The van der Waals surface area contributed by atoms with Crippen molar-refractivity contribution in [1.82, 2.24) is 20.9 Å². The number of alkyl halides is 1. The summed E-state index contributed by atoms with van der Waals surface area (Å²) in [6, 6.07) is 5.73. The van der Waals surface area contributed by atoms with Crippen molar-refractivity contribution in [2.24, 2.45) is 0 Å². The number of rotatable bonds is 10. The molecular formula is C26H37ClN4O6. The van der Waals surface area contributed by atoms with Crippen LogP contribution in [-0.2, 0) is 30.3 Å². The Bertz CT molecular complexity index is 981. The standard InChI is InChI=1S/C26H37ClN4O6/c1-16(22(33)30-19(21(32)15-27)14-18-10-7-6-8-11-18)28-23(34)20-12-9-13-31(20)24(35)17(2)29-25(36)37-26(3,4)5/h6-8,10-11,16-17,19-20H,9,12-15H2,1-5H3,(H,28,34)(H,29,36)(H,30,33)/t16-,17+,19-,20+/m0/s1. The van der Waals surface area contributed by atoms with Gasteiger partial charge in [-0.05, 0) is 59.4 Å². The van der Waals surface area contributed by atoms with Gasteiger partial charge in [-0.25, -0.2) is 4.79 Å². The van der Waals surface area contributed by atoms with Crippen LogP contribution in [0.3, 0.4) is 0 Å². The number of nitrogens with one attached hydrogen (secondary N) is 3. The van der Waals surface area contributed by atoms with E-state index in [0.29, 0.717) is 19.4 Å². The summed E-state index contributed by atoms with van der Waals surface area (Å²) in [5.41, 5.74) is 0.144. The molecule has 0 saturated carbocycles. The van der Waals surface area contributed by atoms with Crippen molar-refractivity contribution in [2.75, 3.05) is 12.4 Å². The third-order valence-corrected chi connectivity index (χ3v) is 6.08. The minimum absolute atomic E-state index is 0.257. The molecule has 4 atom stereocenters. The van der Waals surface area contributed by atoms with Gasteiger partial charge in [0.05, 0.1) is 11.9 Å². The maximum absolute atomic E-state index is 13.0. The molecule has 1 aliphatic rings. The number of hydrogen-bond donors (Lipinski definition) is 3. The summed E-state index contributed by atoms with van der Waals surface area (Å²) in [5, 5.41) is 7.82. The van der Waals surface area contributed by atoms with Crippen molar-refractivity contribution in [1.29, 1.82) is 0 Å². The normalized spacial score (nSPS) is 17.8. The van der Waals surface area contributed by atoms with Crippen molar-refractivity contribution in [2.45, 2.75) is 83.6 Å². The minimum Gasteiger partial charge on any atom is -0.444 e. The molecule has 1 saturated heterocycles. The first-order valence-electron chi connectivity index (χ1n) is 12.4. The highest BCUT2D eigenvalue weighted by Gasteiger charge is 2.37. The fourth-order valence-electron chi connectivity index (χ4n) is 3.96. The highest BCUT2D eigenvalue weighted by molar-refractivity contribution is 6.28. The van der Waals surface area contributed by atoms with Gasteiger partial charge in [0.2, 0.25) is 17.7 Å². The summed E-state index contributed by atoms with van der Waals surface area (Å²) in [6.45, 7) is 8.52. The lowest BCUT2D eigenvalue weighted by atomic mass is 10.0. The fraction of sp³-hybridized carbons (Fsp3) is 0.577. The molecule has 0 radical (unpaired) electrons. The molecule has 0 bridgehead atoms. The average Bonchev–Trinajstić information content (AvgIpc) is 3.32. The first-order valence-corrected chi connectivity index (χ1v) is 12.9. The summed E-state index contributed by atoms with van der Waals surface area (Å²) in [5.74, 6) is -2.04. The molecule has 11 heteroatoms. The van der Waals surface area contributed by atoms with Crippen molar-refractivity contribution in [3.05, 3.63) is 35.9 Å². The van der Waals surface area contributed by atoms with E-state index >= 15 is 0 Å². The number of carbonyl (C=O) groups is 5. The lowest BCUT2D eigenvalue weighted by Crippen LogP contribution is -2.56. The van der Waals surface area contributed by atoms with Gasteiger partial charge in [-0.15, -0.1) is 11.6 Å². The number of ether oxygens (including phenoxy) is 1. The van der Waals surface area contributed by atoms with E-state index in [2.05, 4.69) is 16.0 Å². The molecule has 1 aromatic carbocycles. The van der Waals surface area contributed by atoms with Crippen LogP contribution >= 0.6 is 11.6 Å². The lowest BCUT2D eigenvalue weighted by Gasteiger charge is -2.29. The second-order valence-electron chi connectivity index (χ2n) is 10.1. The Morgan fingerprint density at radius 1 is 1.03 bits per heavy atom. The van der Waals surface area contributed by atoms with Crippen molar-refractivity contribution in [3.63, 3.8) is 0 Å². The van der Waals surface area contributed by atoms with E-state index in [1.807, 2.05) is 30.3 Å². The predicted octanol–water partition coefficient (Wildman–Crippen LogP) is 1.93. The molecule has 3 N–H and O–H groups in total. The highest BCUT2D eigenvalue weighted by Crippen LogP contribution is 2.19. The molecule has 0 aliphatic carbocycles. The first kappa shape index (κ1) is 30.1. The van der Waals surface area contributed by atoms with E-state index in [4.69, 9.17) is 16.3 Å². The molecule has 1 heterocycles. The number of alkyl carbamates (subject to hydrolysis) is 1. The highest BCUT2D eigenvalue weighted by atomic mass is 35.5. The van der Waals surface area contributed by atoms with Gasteiger partial charge < -0.3 is 25.6 Å². The Kier molecular flexibility index (Phi) is 10.9. The molecular weight excluding hydrogens is 500 g/mol. The van der Waals surface area contributed by atoms with Crippen molar-refractivity contribution in [3.8, 4) is 0 Å². The minimum atomic E-state index is -0.955. The Labute approximate surface area is 222 Å². The second kappa shape index (κ2) is 13.4. The number of benzene rings is 1. The summed E-state index contributed by atoms with van der Waals surface area (Å²) >= 11 is 5.74. The maximum atomic E-state index is 13.0. The number of likely N-dealkylation sites (tertiary alicyclic amines) is 1.